The number of benzene rings is 1. The molecule has 3 unspecified atom stereocenters. The van der Waals surface area contributed by atoms with Crippen LogP contribution in [0.3, 0.4) is 0 Å². The molecule has 1 aromatic carbocycles. The minimum Gasteiger partial charge on any atom is -0.371 e. The molecule has 3 atom stereocenters. The second kappa shape index (κ2) is 6.45. The first kappa shape index (κ1) is 16.6. The lowest BCUT2D eigenvalue weighted by molar-refractivity contribution is -0.134. The lowest BCUT2D eigenvalue weighted by atomic mass is 9.90. The van der Waals surface area contributed by atoms with Crippen molar-refractivity contribution >= 4 is 17.5 Å². The number of imide groups is 1. The van der Waals surface area contributed by atoms with Crippen LogP contribution in [0.5, 0.6) is 0 Å². The minimum atomic E-state index is -0.190. The van der Waals surface area contributed by atoms with Crippen LogP contribution in [0.1, 0.15) is 38.2 Å². The topological polar surface area (TPSA) is 52.6 Å². The van der Waals surface area contributed by atoms with Gasteiger partial charge in [0, 0.05) is 44.3 Å². The number of piperidine rings is 1. The van der Waals surface area contributed by atoms with Crippen LogP contribution >= 0.6 is 0 Å². The number of hydrogen-bond donors (Lipinski definition) is 1. The summed E-state index contributed by atoms with van der Waals surface area (Å²) in [5, 5.41) is 2.44. The first-order chi connectivity index (χ1) is 12.0. The van der Waals surface area contributed by atoms with Gasteiger partial charge in [-0.15, -0.1) is 0 Å². The van der Waals surface area contributed by atoms with Crippen LogP contribution in [0.15, 0.2) is 24.3 Å². The highest BCUT2D eigenvalue weighted by molar-refractivity contribution is 6.00. The number of likely N-dealkylation sites (tertiary alicyclic amines) is 1. The van der Waals surface area contributed by atoms with Crippen LogP contribution in [-0.2, 0) is 9.59 Å². The Kier molecular flexibility index (Phi) is 4.28. The Morgan fingerprint density at radius 1 is 1.00 bits per heavy atom. The number of nitrogens with zero attached hydrogens (tertiary/aromatic N) is 2. The fraction of sp³-hybridized carbons (Fsp3) is 0.600. The molecule has 3 heterocycles. The fourth-order valence-electron chi connectivity index (χ4n) is 4.59. The van der Waals surface area contributed by atoms with Gasteiger partial charge in [0.15, 0.2) is 0 Å². The van der Waals surface area contributed by atoms with Gasteiger partial charge >= 0.3 is 0 Å². The Morgan fingerprint density at radius 3 is 2.20 bits per heavy atom. The molecular formula is C20H27N3O2. The van der Waals surface area contributed by atoms with Gasteiger partial charge in [0.1, 0.15) is 0 Å². The smallest absolute Gasteiger partial charge is 0.234 e. The number of carbonyl (C=O) groups is 2. The minimum absolute atomic E-state index is 0.156. The monoisotopic (exact) mass is 341 g/mol. The molecule has 5 heteroatoms. The van der Waals surface area contributed by atoms with E-state index < -0.39 is 0 Å². The second-order valence-corrected chi connectivity index (χ2v) is 8.07. The molecule has 2 amide bonds. The van der Waals surface area contributed by atoms with Gasteiger partial charge in [0.05, 0.1) is 5.92 Å². The molecule has 3 aliphatic rings. The molecule has 3 aliphatic heterocycles. The van der Waals surface area contributed by atoms with Gasteiger partial charge in [-0.3, -0.25) is 14.9 Å². The lowest BCUT2D eigenvalue weighted by Crippen LogP contribution is -2.39. The van der Waals surface area contributed by atoms with E-state index in [0.29, 0.717) is 18.9 Å². The van der Waals surface area contributed by atoms with Crippen molar-refractivity contribution in [1.29, 1.82) is 0 Å². The number of carbonyl (C=O) groups excluding carboxylic acids is 2. The molecule has 25 heavy (non-hydrogen) atoms. The Labute approximate surface area is 149 Å². The van der Waals surface area contributed by atoms with E-state index in [4.69, 9.17) is 0 Å². The molecule has 0 spiro atoms. The Balaban J connectivity index is 1.41. The maximum atomic E-state index is 12.0. The fourth-order valence-corrected chi connectivity index (χ4v) is 4.59. The average molecular weight is 341 g/mol. The largest absolute Gasteiger partial charge is 0.371 e. The zero-order chi connectivity index (χ0) is 17.6. The van der Waals surface area contributed by atoms with Gasteiger partial charge in [0.2, 0.25) is 11.8 Å². The first-order valence-corrected chi connectivity index (χ1v) is 9.44. The van der Waals surface area contributed by atoms with E-state index in [1.165, 1.54) is 18.8 Å². The molecule has 5 nitrogen and oxygen atoms in total. The Bertz CT molecular complexity index is 656. The number of hydrogen-bond acceptors (Lipinski definition) is 4. The van der Waals surface area contributed by atoms with E-state index in [0.717, 1.165) is 30.5 Å². The highest BCUT2D eigenvalue weighted by Gasteiger charge is 2.40. The summed E-state index contributed by atoms with van der Waals surface area (Å²) in [6.07, 6.45) is 1.04. The lowest BCUT2D eigenvalue weighted by Gasteiger charge is -2.26. The molecular weight excluding hydrogens is 314 g/mol. The second-order valence-electron chi connectivity index (χ2n) is 8.07. The van der Waals surface area contributed by atoms with Gasteiger partial charge in [-0.25, -0.2) is 0 Å². The van der Waals surface area contributed by atoms with Crippen molar-refractivity contribution in [3.05, 3.63) is 29.8 Å². The van der Waals surface area contributed by atoms with Crippen LogP contribution in [0.25, 0.3) is 0 Å². The maximum Gasteiger partial charge on any atom is 0.234 e. The number of amides is 2. The van der Waals surface area contributed by atoms with Gasteiger partial charge < -0.3 is 9.80 Å². The van der Waals surface area contributed by atoms with Gasteiger partial charge in [0.25, 0.3) is 0 Å². The molecule has 0 saturated carbocycles. The van der Waals surface area contributed by atoms with Crippen molar-refractivity contribution in [3.63, 3.8) is 0 Å². The summed E-state index contributed by atoms with van der Waals surface area (Å²) in [5.41, 5.74) is 2.26. The molecule has 3 saturated heterocycles. The number of nitrogens with one attached hydrogen (secondary N) is 1. The summed E-state index contributed by atoms with van der Waals surface area (Å²) < 4.78 is 0. The maximum absolute atomic E-state index is 12.0. The summed E-state index contributed by atoms with van der Waals surface area (Å²) in [6, 6.07) is 9.04. The Hall–Kier alpha value is -1.88. The van der Waals surface area contributed by atoms with E-state index in [1.807, 2.05) is 0 Å². The molecule has 0 bridgehead atoms. The average Bonchev–Trinajstić information content (AvgIpc) is 3.14. The molecule has 0 radical (unpaired) electrons. The summed E-state index contributed by atoms with van der Waals surface area (Å²) in [4.78, 5) is 28.4. The summed E-state index contributed by atoms with van der Waals surface area (Å²) in [5.74, 6) is 1.05. The summed E-state index contributed by atoms with van der Waals surface area (Å²) >= 11 is 0. The summed E-state index contributed by atoms with van der Waals surface area (Å²) in [6.45, 7) is 9.26. The van der Waals surface area contributed by atoms with Crippen LogP contribution in [-0.4, -0.2) is 48.9 Å². The van der Waals surface area contributed by atoms with Gasteiger partial charge in [-0.2, -0.15) is 0 Å². The van der Waals surface area contributed by atoms with Crippen LogP contribution in [0.2, 0.25) is 0 Å². The van der Waals surface area contributed by atoms with Crippen LogP contribution < -0.4 is 10.2 Å². The molecule has 134 valence electrons. The van der Waals surface area contributed by atoms with E-state index >= 15 is 0 Å². The Morgan fingerprint density at radius 2 is 1.64 bits per heavy atom. The SMILES string of the molecule is CC(C)N1CC2CN(c3ccc(C4CCC(=O)NC4=O)cc3)CC2C1. The van der Waals surface area contributed by atoms with Crippen molar-refractivity contribution in [2.75, 3.05) is 31.1 Å². The van der Waals surface area contributed by atoms with Crippen LogP contribution in [0, 0.1) is 11.8 Å². The van der Waals surface area contributed by atoms with Crippen LogP contribution in [0.4, 0.5) is 5.69 Å². The highest BCUT2D eigenvalue weighted by Crippen LogP contribution is 2.35. The summed E-state index contributed by atoms with van der Waals surface area (Å²) in [7, 11) is 0. The van der Waals surface area contributed by atoms with Crippen molar-refractivity contribution in [2.45, 2.75) is 38.6 Å². The zero-order valence-corrected chi connectivity index (χ0v) is 15.1. The van der Waals surface area contributed by atoms with Crippen molar-refractivity contribution in [1.82, 2.24) is 10.2 Å². The first-order valence-electron chi connectivity index (χ1n) is 9.44. The highest BCUT2D eigenvalue weighted by atomic mass is 16.2. The third kappa shape index (κ3) is 3.17. The number of fused-ring (bicyclic) bond motifs is 1. The normalized spacial score (nSPS) is 30.0. The van der Waals surface area contributed by atoms with Gasteiger partial charge in [-0.1, -0.05) is 12.1 Å². The molecule has 4 rings (SSSR count). The molecule has 1 aromatic rings. The predicted molar refractivity (Wildman–Crippen MR) is 97.5 cm³/mol. The van der Waals surface area contributed by atoms with Crippen molar-refractivity contribution in [2.24, 2.45) is 11.8 Å². The third-order valence-corrected chi connectivity index (χ3v) is 6.14. The van der Waals surface area contributed by atoms with E-state index in [9.17, 15) is 9.59 Å². The number of anilines is 1. The molecule has 0 aromatic heterocycles. The third-order valence-electron chi connectivity index (χ3n) is 6.14. The standard InChI is InChI=1S/C20H27N3O2/c1-13(2)22-9-15-11-23(12-16(15)10-22)17-5-3-14(4-6-17)18-7-8-19(24)21-20(18)25/h3-6,13,15-16,18H,7-12H2,1-2H3,(H,21,24,25). The molecule has 3 fully saturated rings. The number of rotatable bonds is 3. The van der Waals surface area contributed by atoms with E-state index in [2.05, 4.69) is 53.2 Å². The zero-order valence-electron chi connectivity index (χ0n) is 15.1. The quantitative estimate of drug-likeness (QED) is 0.854. The van der Waals surface area contributed by atoms with E-state index in [1.54, 1.807) is 0 Å². The van der Waals surface area contributed by atoms with E-state index in [-0.39, 0.29) is 17.7 Å². The predicted octanol–water partition coefficient (Wildman–Crippen LogP) is 1.98. The molecule has 1 N–H and O–H groups in total. The van der Waals surface area contributed by atoms with Crippen molar-refractivity contribution in [3.8, 4) is 0 Å². The molecule has 0 aliphatic carbocycles. The van der Waals surface area contributed by atoms with Gasteiger partial charge in [-0.05, 0) is 49.8 Å². The van der Waals surface area contributed by atoms with Crippen molar-refractivity contribution < 1.29 is 9.59 Å².